The summed E-state index contributed by atoms with van der Waals surface area (Å²) in [5, 5.41) is 15.3. The fourth-order valence-corrected chi connectivity index (χ4v) is 4.75. The normalized spacial score (nSPS) is 21.3. The minimum atomic E-state index is -0.280. The van der Waals surface area contributed by atoms with Crippen LogP contribution in [0.15, 0.2) is 29.1 Å². The van der Waals surface area contributed by atoms with Crippen molar-refractivity contribution >= 4 is 23.5 Å². The minimum absolute atomic E-state index is 0.102. The number of fused-ring (bicyclic) bond motifs is 1. The first-order chi connectivity index (χ1) is 11.6. The van der Waals surface area contributed by atoms with Gasteiger partial charge in [-0.15, -0.1) is 11.8 Å². The number of hydrogen-bond acceptors (Lipinski definition) is 4. The molecule has 1 amide bonds. The lowest BCUT2D eigenvalue weighted by Crippen LogP contribution is -2.18. The fraction of sp³-hybridized carbons (Fsp3) is 0.412. The van der Waals surface area contributed by atoms with Crippen molar-refractivity contribution in [3.05, 3.63) is 45.7 Å². The third-order valence-corrected chi connectivity index (χ3v) is 6.00. The first-order valence-electron chi connectivity index (χ1n) is 8.18. The van der Waals surface area contributed by atoms with E-state index in [1.54, 1.807) is 18.2 Å². The Kier molecular flexibility index (Phi) is 3.88. The summed E-state index contributed by atoms with van der Waals surface area (Å²) >= 11 is 1.41. The summed E-state index contributed by atoms with van der Waals surface area (Å²) in [7, 11) is 0. The number of carbonyl (C=O) groups is 1. The van der Waals surface area contributed by atoms with Crippen LogP contribution in [0.4, 0.5) is 5.82 Å². The highest BCUT2D eigenvalue weighted by atomic mass is 32.2. The van der Waals surface area contributed by atoms with Crippen LogP contribution in [0.2, 0.25) is 0 Å². The molecule has 6 nitrogen and oxygen atoms in total. The zero-order valence-corrected chi connectivity index (χ0v) is 13.9. The van der Waals surface area contributed by atoms with Crippen LogP contribution in [0.25, 0.3) is 0 Å². The largest absolute Gasteiger partial charge is 0.508 e. The predicted molar refractivity (Wildman–Crippen MR) is 93.6 cm³/mol. The topological polar surface area (TPSA) is 87.1 Å². The summed E-state index contributed by atoms with van der Waals surface area (Å²) < 4.78 is 1.85. The lowest BCUT2D eigenvalue weighted by molar-refractivity contribution is -0.113. The Bertz CT molecular complexity index is 836. The van der Waals surface area contributed by atoms with Gasteiger partial charge in [0.15, 0.2) is 0 Å². The average molecular weight is 345 g/mol. The van der Waals surface area contributed by atoms with Gasteiger partial charge in [-0.3, -0.25) is 19.4 Å². The zero-order chi connectivity index (χ0) is 16.7. The van der Waals surface area contributed by atoms with Gasteiger partial charge in [-0.2, -0.15) is 0 Å². The Morgan fingerprint density at radius 1 is 1.21 bits per heavy atom. The summed E-state index contributed by atoms with van der Waals surface area (Å²) in [6, 6.07) is 7.12. The number of carbonyl (C=O) groups excluding carboxylic acids is 1. The number of nitrogens with zero attached hydrogens (tertiary/aromatic N) is 1. The number of benzene rings is 1. The number of phenolic OH excluding ortho intramolecular Hbond substituents is 1. The number of phenols is 1. The van der Waals surface area contributed by atoms with Gasteiger partial charge in [-0.05, 0) is 30.5 Å². The van der Waals surface area contributed by atoms with Crippen molar-refractivity contribution in [2.24, 2.45) is 0 Å². The van der Waals surface area contributed by atoms with E-state index in [9.17, 15) is 14.7 Å². The Balaban J connectivity index is 1.85. The summed E-state index contributed by atoms with van der Waals surface area (Å²) in [4.78, 5) is 24.8. The smallest absolute Gasteiger partial charge is 0.270 e. The van der Waals surface area contributed by atoms with Crippen LogP contribution in [0, 0.1) is 0 Å². The van der Waals surface area contributed by atoms with E-state index in [-0.39, 0.29) is 34.3 Å². The second-order valence-electron chi connectivity index (χ2n) is 6.35. The van der Waals surface area contributed by atoms with Gasteiger partial charge in [0.1, 0.15) is 11.6 Å². The molecule has 0 saturated heterocycles. The van der Waals surface area contributed by atoms with E-state index in [0.29, 0.717) is 11.4 Å². The number of rotatable bonds is 2. The van der Waals surface area contributed by atoms with Crippen LogP contribution < -0.4 is 10.9 Å². The molecule has 0 bridgehead atoms. The molecule has 1 saturated carbocycles. The second-order valence-corrected chi connectivity index (χ2v) is 7.44. The van der Waals surface area contributed by atoms with Crippen LogP contribution in [0.5, 0.6) is 5.75 Å². The van der Waals surface area contributed by atoms with Crippen molar-refractivity contribution in [1.29, 1.82) is 0 Å². The second kappa shape index (κ2) is 6.05. The quantitative estimate of drug-likeness (QED) is 0.781. The van der Waals surface area contributed by atoms with Crippen LogP contribution in [0.1, 0.15) is 48.1 Å². The molecule has 1 aliphatic carbocycles. The molecule has 3 N–H and O–H groups in total. The van der Waals surface area contributed by atoms with Crippen LogP contribution in [0.3, 0.4) is 0 Å². The van der Waals surface area contributed by atoms with Crippen molar-refractivity contribution in [2.45, 2.75) is 37.0 Å². The molecule has 126 valence electrons. The lowest BCUT2D eigenvalue weighted by atomic mass is 10.1. The third kappa shape index (κ3) is 2.62. The number of hydrogen-bond donors (Lipinski definition) is 3. The highest BCUT2D eigenvalue weighted by Gasteiger charge is 2.32. The predicted octanol–water partition coefficient (Wildman–Crippen LogP) is 2.77. The highest BCUT2D eigenvalue weighted by molar-refractivity contribution is 8.00. The van der Waals surface area contributed by atoms with Gasteiger partial charge in [0.2, 0.25) is 5.91 Å². The first kappa shape index (κ1) is 15.4. The van der Waals surface area contributed by atoms with Crippen molar-refractivity contribution in [3.63, 3.8) is 0 Å². The van der Waals surface area contributed by atoms with Gasteiger partial charge in [0, 0.05) is 0 Å². The van der Waals surface area contributed by atoms with Gasteiger partial charge >= 0.3 is 0 Å². The molecule has 1 atom stereocenters. The number of aromatic nitrogens is 2. The van der Waals surface area contributed by atoms with Gasteiger partial charge in [-0.25, -0.2) is 0 Å². The van der Waals surface area contributed by atoms with Crippen molar-refractivity contribution in [2.75, 3.05) is 11.1 Å². The van der Waals surface area contributed by atoms with E-state index in [4.69, 9.17) is 0 Å². The Hall–Kier alpha value is -2.15. The molecule has 0 spiro atoms. The Morgan fingerprint density at radius 3 is 2.75 bits per heavy atom. The summed E-state index contributed by atoms with van der Waals surface area (Å²) in [5.74, 6) is 0.925. The molecule has 2 aliphatic rings. The van der Waals surface area contributed by atoms with Crippen molar-refractivity contribution in [1.82, 2.24) is 9.78 Å². The summed E-state index contributed by atoms with van der Waals surface area (Å²) in [6.07, 6.45) is 4.30. The molecule has 2 aromatic rings. The summed E-state index contributed by atoms with van der Waals surface area (Å²) in [5.41, 5.74) is 1.23. The fourth-order valence-electron chi connectivity index (χ4n) is 3.63. The van der Waals surface area contributed by atoms with E-state index in [1.165, 1.54) is 11.8 Å². The van der Waals surface area contributed by atoms with Crippen LogP contribution >= 0.6 is 11.8 Å². The number of H-pyrrole nitrogens is 1. The van der Waals surface area contributed by atoms with Gasteiger partial charge in [0.25, 0.3) is 5.56 Å². The van der Waals surface area contributed by atoms with Crippen LogP contribution in [-0.4, -0.2) is 26.5 Å². The molecule has 1 aliphatic heterocycles. The maximum absolute atomic E-state index is 12.7. The van der Waals surface area contributed by atoms with E-state index >= 15 is 0 Å². The van der Waals surface area contributed by atoms with E-state index < -0.39 is 0 Å². The van der Waals surface area contributed by atoms with E-state index in [1.807, 2.05) is 10.7 Å². The maximum Gasteiger partial charge on any atom is 0.270 e. The summed E-state index contributed by atoms with van der Waals surface area (Å²) in [6.45, 7) is 0. The van der Waals surface area contributed by atoms with Gasteiger partial charge in [0.05, 0.1) is 22.6 Å². The molecular weight excluding hydrogens is 326 g/mol. The number of anilines is 1. The van der Waals surface area contributed by atoms with Crippen molar-refractivity contribution in [3.8, 4) is 5.75 Å². The number of aromatic hydroxyl groups is 1. The molecule has 7 heteroatoms. The number of amides is 1. The SMILES string of the molecule is O=C1CS[C@H](c2cccc(O)c2)c2c(n(C3CCCC3)[nH]c2=O)N1. The van der Waals surface area contributed by atoms with Gasteiger partial charge in [-0.1, -0.05) is 25.0 Å². The number of nitrogens with one attached hydrogen (secondary N) is 2. The van der Waals surface area contributed by atoms with E-state index in [0.717, 1.165) is 31.2 Å². The zero-order valence-electron chi connectivity index (χ0n) is 13.1. The standard InChI is InChI=1S/C17H19N3O3S/c21-12-7-3-4-10(8-12)15-14-16(18-13(22)9-24-15)20(19-17(14)23)11-5-1-2-6-11/h3-4,7-8,11,15,21H,1-2,5-6,9H2,(H,18,22)(H,19,23)/t15-/m1/s1. The van der Waals surface area contributed by atoms with Gasteiger partial charge < -0.3 is 10.4 Å². The molecule has 4 rings (SSSR count). The Morgan fingerprint density at radius 2 is 2.00 bits per heavy atom. The molecule has 1 aromatic heterocycles. The van der Waals surface area contributed by atoms with Crippen molar-refractivity contribution < 1.29 is 9.90 Å². The number of aromatic amines is 1. The number of thioether (sulfide) groups is 1. The molecular formula is C17H19N3O3S. The molecule has 0 radical (unpaired) electrons. The Labute approximate surface area is 143 Å². The molecule has 1 aromatic carbocycles. The third-order valence-electron chi connectivity index (χ3n) is 4.73. The first-order valence-corrected chi connectivity index (χ1v) is 9.23. The molecule has 2 heterocycles. The molecule has 0 unspecified atom stereocenters. The lowest BCUT2D eigenvalue weighted by Gasteiger charge is -2.16. The maximum atomic E-state index is 12.7. The molecule has 1 fully saturated rings. The molecule has 24 heavy (non-hydrogen) atoms. The minimum Gasteiger partial charge on any atom is -0.508 e. The monoisotopic (exact) mass is 345 g/mol. The van der Waals surface area contributed by atoms with E-state index in [2.05, 4.69) is 10.4 Å². The highest BCUT2D eigenvalue weighted by Crippen LogP contribution is 2.42. The average Bonchev–Trinajstić information content (AvgIpc) is 3.13. The van der Waals surface area contributed by atoms with Crippen LogP contribution in [-0.2, 0) is 4.79 Å².